The van der Waals surface area contributed by atoms with Crippen molar-refractivity contribution in [2.45, 2.75) is 19.0 Å². The minimum absolute atomic E-state index is 0.0358. The smallest absolute Gasteiger partial charge is 0.294 e. The SMILES string of the molecule is O=C(CCBr)c1ccc(C(F)(F)F)c(C(F)F)c1. The summed E-state index contributed by atoms with van der Waals surface area (Å²) in [5.74, 6) is -0.484. The second kappa shape index (κ2) is 5.77. The predicted molar refractivity (Wildman–Crippen MR) is 59.1 cm³/mol. The number of hydrogen-bond donors (Lipinski definition) is 0. The van der Waals surface area contributed by atoms with Crippen LogP contribution in [0.5, 0.6) is 0 Å². The number of alkyl halides is 6. The molecular formula is C11H8BrF5O. The average Bonchev–Trinajstić information content (AvgIpc) is 2.27. The molecule has 0 unspecified atom stereocenters. The Morgan fingerprint density at radius 3 is 2.33 bits per heavy atom. The zero-order valence-corrected chi connectivity index (χ0v) is 10.5. The highest BCUT2D eigenvalue weighted by Gasteiger charge is 2.35. The van der Waals surface area contributed by atoms with Gasteiger partial charge in [0.05, 0.1) is 5.56 Å². The molecule has 0 atom stereocenters. The Balaban J connectivity index is 3.24. The number of rotatable bonds is 4. The maximum Gasteiger partial charge on any atom is 0.416 e. The molecular weight excluding hydrogens is 323 g/mol. The summed E-state index contributed by atoms with van der Waals surface area (Å²) in [6, 6.07) is 2.04. The van der Waals surface area contributed by atoms with Crippen molar-refractivity contribution in [2.24, 2.45) is 0 Å². The number of carbonyl (C=O) groups is 1. The molecule has 0 spiro atoms. The van der Waals surface area contributed by atoms with Crippen LogP contribution in [-0.4, -0.2) is 11.1 Å². The standard InChI is InChI=1S/C11H8BrF5O/c12-4-3-9(18)6-1-2-8(11(15,16)17)7(5-6)10(13)14/h1-2,5,10H,3-4H2. The van der Waals surface area contributed by atoms with Crippen LogP contribution in [0.25, 0.3) is 0 Å². The van der Waals surface area contributed by atoms with Crippen molar-refractivity contribution < 1.29 is 26.7 Å². The van der Waals surface area contributed by atoms with Crippen LogP contribution in [0.4, 0.5) is 22.0 Å². The molecule has 1 aromatic carbocycles. The molecule has 1 aromatic rings. The van der Waals surface area contributed by atoms with E-state index in [9.17, 15) is 26.7 Å². The molecule has 0 saturated carbocycles. The number of ketones is 1. The highest BCUT2D eigenvalue weighted by molar-refractivity contribution is 9.09. The van der Waals surface area contributed by atoms with E-state index in [1.807, 2.05) is 0 Å². The van der Waals surface area contributed by atoms with Crippen LogP contribution in [0, 0.1) is 0 Å². The van der Waals surface area contributed by atoms with Crippen LogP contribution in [0.15, 0.2) is 18.2 Å². The van der Waals surface area contributed by atoms with E-state index >= 15 is 0 Å². The van der Waals surface area contributed by atoms with E-state index in [1.54, 1.807) is 0 Å². The first kappa shape index (κ1) is 15.1. The fraction of sp³-hybridized carbons (Fsp3) is 0.364. The van der Waals surface area contributed by atoms with E-state index in [-0.39, 0.29) is 12.0 Å². The second-order valence-corrected chi connectivity index (χ2v) is 4.26. The largest absolute Gasteiger partial charge is 0.416 e. The maximum atomic E-state index is 12.6. The van der Waals surface area contributed by atoms with E-state index in [4.69, 9.17) is 0 Å². The van der Waals surface area contributed by atoms with Crippen molar-refractivity contribution in [3.63, 3.8) is 0 Å². The van der Waals surface area contributed by atoms with E-state index < -0.39 is 29.5 Å². The van der Waals surface area contributed by atoms with Gasteiger partial charge < -0.3 is 0 Å². The summed E-state index contributed by atoms with van der Waals surface area (Å²) in [6.45, 7) is 0. The summed E-state index contributed by atoms with van der Waals surface area (Å²) in [4.78, 5) is 11.4. The number of halogens is 6. The molecule has 0 aliphatic rings. The first-order valence-corrected chi connectivity index (χ1v) is 5.98. The van der Waals surface area contributed by atoms with Crippen LogP contribution in [-0.2, 0) is 6.18 Å². The molecule has 100 valence electrons. The third-order valence-electron chi connectivity index (χ3n) is 2.24. The van der Waals surface area contributed by atoms with Gasteiger partial charge in [-0.3, -0.25) is 4.79 Å². The van der Waals surface area contributed by atoms with E-state index in [0.717, 1.165) is 6.07 Å². The minimum Gasteiger partial charge on any atom is -0.294 e. The van der Waals surface area contributed by atoms with Crippen molar-refractivity contribution in [1.82, 2.24) is 0 Å². The molecule has 0 saturated heterocycles. The highest BCUT2D eigenvalue weighted by Crippen LogP contribution is 2.36. The van der Waals surface area contributed by atoms with Gasteiger partial charge in [-0.25, -0.2) is 8.78 Å². The van der Waals surface area contributed by atoms with Crippen molar-refractivity contribution in [2.75, 3.05) is 5.33 Å². The highest BCUT2D eigenvalue weighted by atomic mass is 79.9. The van der Waals surface area contributed by atoms with Crippen molar-refractivity contribution in [3.05, 3.63) is 34.9 Å². The second-order valence-electron chi connectivity index (χ2n) is 3.46. The third kappa shape index (κ3) is 3.51. The van der Waals surface area contributed by atoms with E-state index in [2.05, 4.69) is 15.9 Å². The zero-order valence-electron chi connectivity index (χ0n) is 8.90. The molecule has 0 fully saturated rings. The lowest BCUT2D eigenvalue weighted by molar-refractivity contribution is -0.139. The van der Waals surface area contributed by atoms with Crippen LogP contribution >= 0.6 is 15.9 Å². The monoisotopic (exact) mass is 330 g/mol. The Kier molecular flexibility index (Phi) is 4.84. The predicted octanol–water partition coefficient (Wildman–Crippen LogP) is 4.61. The van der Waals surface area contributed by atoms with Crippen LogP contribution < -0.4 is 0 Å². The lowest BCUT2D eigenvalue weighted by atomic mass is 10.0. The van der Waals surface area contributed by atoms with Gasteiger partial charge in [-0.1, -0.05) is 22.0 Å². The van der Waals surface area contributed by atoms with Crippen LogP contribution in [0.3, 0.4) is 0 Å². The van der Waals surface area contributed by atoms with E-state index in [0.29, 0.717) is 17.5 Å². The van der Waals surface area contributed by atoms with Gasteiger partial charge in [0.15, 0.2) is 5.78 Å². The molecule has 0 heterocycles. The number of benzene rings is 1. The molecule has 0 aliphatic heterocycles. The molecule has 7 heteroatoms. The summed E-state index contributed by atoms with van der Waals surface area (Å²) < 4.78 is 62.5. The lowest BCUT2D eigenvalue weighted by Gasteiger charge is -2.13. The fourth-order valence-electron chi connectivity index (χ4n) is 1.41. The lowest BCUT2D eigenvalue weighted by Crippen LogP contribution is -2.11. The van der Waals surface area contributed by atoms with Crippen LogP contribution in [0.1, 0.15) is 34.3 Å². The molecule has 0 amide bonds. The first-order valence-electron chi connectivity index (χ1n) is 4.86. The summed E-state index contributed by atoms with van der Waals surface area (Å²) in [7, 11) is 0. The fourth-order valence-corrected chi connectivity index (χ4v) is 1.77. The summed E-state index contributed by atoms with van der Waals surface area (Å²) in [5, 5.41) is 0.316. The van der Waals surface area contributed by atoms with Gasteiger partial charge in [-0.05, 0) is 12.1 Å². The Hall–Kier alpha value is -0.980. The summed E-state index contributed by atoms with van der Waals surface area (Å²) in [5.41, 5.74) is -2.71. The minimum atomic E-state index is -4.86. The van der Waals surface area contributed by atoms with E-state index in [1.165, 1.54) is 0 Å². The van der Waals surface area contributed by atoms with Crippen molar-refractivity contribution >= 4 is 21.7 Å². The van der Waals surface area contributed by atoms with Gasteiger partial charge in [0, 0.05) is 22.9 Å². The molecule has 0 bridgehead atoms. The molecule has 18 heavy (non-hydrogen) atoms. The Bertz CT molecular complexity index is 442. The molecule has 0 N–H and O–H groups in total. The Morgan fingerprint density at radius 1 is 1.28 bits per heavy atom. The number of carbonyl (C=O) groups excluding carboxylic acids is 1. The van der Waals surface area contributed by atoms with Gasteiger partial charge in [0.1, 0.15) is 0 Å². The molecule has 0 aromatic heterocycles. The average molecular weight is 331 g/mol. The first-order chi connectivity index (χ1) is 8.27. The van der Waals surface area contributed by atoms with Crippen LogP contribution in [0.2, 0.25) is 0 Å². The Labute approximate surface area is 108 Å². The molecule has 1 rings (SSSR count). The molecule has 1 nitrogen and oxygen atoms in total. The number of hydrogen-bond acceptors (Lipinski definition) is 1. The number of Topliss-reactive ketones (excluding diaryl/α,β-unsaturated/α-hetero) is 1. The van der Waals surface area contributed by atoms with Crippen molar-refractivity contribution in [1.29, 1.82) is 0 Å². The van der Waals surface area contributed by atoms with Gasteiger partial charge in [0.2, 0.25) is 0 Å². The Morgan fingerprint density at radius 2 is 1.89 bits per heavy atom. The van der Waals surface area contributed by atoms with Gasteiger partial charge in [-0.2, -0.15) is 13.2 Å². The summed E-state index contributed by atoms with van der Waals surface area (Å²) >= 11 is 2.99. The third-order valence-corrected chi connectivity index (χ3v) is 2.63. The van der Waals surface area contributed by atoms with Gasteiger partial charge in [0.25, 0.3) is 6.43 Å². The molecule has 0 radical (unpaired) electrons. The molecule has 0 aliphatic carbocycles. The van der Waals surface area contributed by atoms with Gasteiger partial charge in [-0.15, -0.1) is 0 Å². The van der Waals surface area contributed by atoms with Gasteiger partial charge >= 0.3 is 6.18 Å². The van der Waals surface area contributed by atoms with Crippen molar-refractivity contribution in [3.8, 4) is 0 Å². The zero-order chi connectivity index (χ0) is 13.9. The quantitative estimate of drug-likeness (QED) is 0.447. The normalized spacial score (nSPS) is 11.9. The summed E-state index contributed by atoms with van der Waals surface area (Å²) in [6.07, 6.45) is -8.10. The maximum absolute atomic E-state index is 12.6. The topological polar surface area (TPSA) is 17.1 Å².